The third-order valence-corrected chi connectivity index (χ3v) is 3.53. The third kappa shape index (κ3) is 4.84. The maximum atomic E-state index is 12.4. The summed E-state index contributed by atoms with van der Waals surface area (Å²) in [6.07, 6.45) is 1.55. The van der Waals surface area contributed by atoms with Gasteiger partial charge in [-0.25, -0.2) is 4.98 Å². The van der Waals surface area contributed by atoms with Crippen LogP contribution in [0.25, 0.3) is 0 Å². The minimum Gasteiger partial charge on any atom is -0.493 e. The van der Waals surface area contributed by atoms with E-state index >= 15 is 0 Å². The first-order valence-electron chi connectivity index (χ1n) is 7.77. The van der Waals surface area contributed by atoms with Crippen LogP contribution in [0.15, 0.2) is 36.5 Å². The molecule has 0 aliphatic carbocycles. The molecule has 25 heavy (non-hydrogen) atoms. The van der Waals surface area contributed by atoms with Gasteiger partial charge in [0.1, 0.15) is 5.82 Å². The highest BCUT2D eigenvalue weighted by Gasteiger charge is 2.16. The molecule has 1 heterocycles. The third-order valence-electron chi connectivity index (χ3n) is 3.53. The number of pyridine rings is 1. The average molecular weight is 345 g/mol. The van der Waals surface area contributed by atoms with Crippen LogP contribution in [-0.2, 0) is 0 Å². The van der Waals surface area contributed by atoms with Gasteiger partial charge in [0, 0.05) is 5.56 Å². The van der Waals surface area contributed by atoms with Crippen molar-refractivity contribution in [3.05, 3.63) is 42.1 Å². The normalized spacial score (nSPS) is 10.9. The molecule has 0 saturated carbocycles. The SMILES string of the molecule is COc1ccc(C(=O)Nc2ccc(NC(C)(C)CO)nc2)cc1OC. The van der Waals surface area contributed by atoms with Crippen molar-refractivity contribution >= 4 is 17.4 Å². The van der Waals surface area contributed by atoms with Crippen molar-refractivity contribution in [2.45, 2.75) is 19.4 Å². The number of aliphatic hydroxyl groups is 1. The van der Waals surface area contributed by atoms with Gasteiger partial charge < -0.3 is 25.2 Å². The van der Waals surface area contributed by atoms with E-state index in [0.29, 0.717) is 28.6 Å². The van der Waals surface area contributed by atoms with Crippen molar-refractivity contribution < 1.29 is 19.4 Å². The zero-order valence-electron chi connectivity index (χ0n) is 14.8. The summed E-state index contributed by atoms with van der Waals surface area (Å²) in [6.45, 7) is 3.70. The Balaban J connectivity index is 2.08. The summed E-state index contributed by atoms with van der Waals surface area (Å²) in [5, 5.41) is 15.1. The van der Waals surface area contributed by atoms with E-state index in [-0.39, 0.29) is 12.5 Å². The zero-order chi connectivity index (χ0) is 18.4. The summed E-state index contributed by atoms with van der Waals surface area (Å²) in [7, 11) is 3.06. The number of aliphatic hydroxyl groups excluding tert-OH is 1. The predicted molar refractivity (Wildman–Crippen MR) is 96.5 cm³/mol. The van der Waals surface area contributed by atoms with Gasteiger partial charge in [0.2, 0.25) is 0 Å². The monoisotopic (exact) mass is 345 g/mol. The van der Waals surface area contributed by atoms with E-state index < -0.39 is 5.54 Å². The second kappa shape index (κ2) is 7.85. The van der Waals surface area contributed by atoms with Crippen LogP contribution in [0.2, 0.25) is 0 Å². The number of nitrogens with one attached hydrogen (secondary N) is 2. The van der Waals surface area contributed by atoms with Crippen LogP contribution in [0.5, 0.6) is 11.5 Å². The zero-order valence-corrected chi connectivity index (χ0v) is 14.8. The Labute approximate surface area is 147 Å². The molecule has 0 radical (unpaired) electrons. The molecule has 0 aliphatic rings. The van der Waals surface area contributed by atoms with Gasteiger partial charge >= 0.3 is 0 Å². The van der Waals surface area contributed by atoms with Crippen molar-refractivity contribution in [3.8, 4) is 11.5 Å². The Morgan fingerprint density at radius 1 is 1.16 bits per heavy atom. The van der Waals surface area contributed by atoms with Gasteiger partial charge in [-0.15, -0.1) is 0 Å². The van der Waals surface area contributed by atoms with E-state index in [0.717, 1.165) is 0 Å². The molecule has 0 fully saturated rings. The molecule has 1 aromatic heterocycles. The minimum absolute atomic E-state index is 0.0214. The van der Waals surface area contributed by atoms with Crippen molar-refractivity contribution in [1.82, 2.24) is 4.98 Å². The summed E-state index contributed by atoms with van der Waals surface area (Å²) in [4.78, 5) is 16.6. The fourth-order valence-electron chi connectivity index (χ4n) is 2.11. The highest BCUT2D eigenvalue weighted by Crippen LogP contribution is 2.27. The lowest BCUT2D eigenvalue weighted by atomic mass is 10.1. The summed E-state index contributed by atoms with van der Waals surface area (Å²) in [5.41, 5.74) is 0.533. The van der Waals surface area contributed by atoms with Gasteiger partial charge in [0.15, 0.2) is 11.5 Å². The lowest BCUT2D eigenvalue weighted by molar-refractivity contribution is 0.102. The van der Waals surface area contributed by atoms with Gasteiger partial charge in [-0.05, 0) is 44.2 Å². The van der Waals surface area contributed by atoms with Crippen molar-refractivity contribution in [1.29, 1.82) is 0 Å². The number of carbonyl (C=O) groups excluding carboxylic acids is 1. The summed E-state index contributed by atoms with van der Waals surface area (Å²) in [5.74, 6) is 1.38. The number of aromatic nitrogens is 1. The van der Waals surface area contributed by atoms with Crippen LogP contribution < -0.4 is 20.1 Å². The number of carbonyl (C=O) groups is 1. The summed E-state index contributed by atoms with van der Waals surface area (Å²) >= 11 is 0. The van der Waals surface area contributed by atoms with Crippen LogP contribution in [0.3, 0.4) is 0 Å². The Morgan fingerprint density at radius 3 is 2.44 bits per heavy atom. The Hall–Kier alpha value is -2.80. The second-order valence-electron chi connectivity index (χ2n) is 6.12. The molecule has 1 aromatic carbocycles. The molecular formula is C18H23N3O4. The number of anilines is 2. The van der Waals surface area contributed by atoms with E-state index in [4.69, 9.17) is 9.47 Å². The van der Waals surface area contributed by atoms with Gasteiger partial charge in [-0.3, -0.25) is 4.79 Å². The Morgan fingerprint density at radius 2 is 1.88 bits per heavy atom. The number of ether oxygens (including phenoxy) is 2. The molecule has 7 nitrogen and oxygen atoms in total. The highest BCUT2D eigenvalue weighted by atomic mass is 16.5. The molecule has 7 heteroatoms. The molecule has 2 rings (SSSR count). The lowest BCUT2D eigenvalue weighted by Gasteiger charge is -2.24. The number of hydrogen-bond donors (Lipinski definition) is 3. The quantitative estimate of drug-likeness (QED) is 0.714. The Bertz CT molecular complexity index is 730. The first-order chi connectivity index (χ1) is 11.9. The standard InChI is InChI=1S/C18H23N3O4/c1-18(2,11-22)21-16-8-6-13(10-19-16)20-17(23)12-5-7-14(24-3)15(9-12)25-4/h5-10,22H,11H2,1-4H3,(H,19,21)(H,20,23). The van der Waals surface area contributed by atoms with Gasteiger partial charge in [-0.2, -0.15) is 0 Å². The fraction of sp³-hybridized carbons (Fsp3) is 0.333. The molecule has 0 saturated heterocycles. The van der Waals surface area contributed by atoms with Crippen LogP contribution in [0.4, 0.5) is 11.5 Å². The smallest absolute Gasteiger partial charge is 0.255 e. The molecule has 134 valence electrons. The van der Waals surface area contributed by atoms with E-state index in [1.807, 2.05) is 13.8 Å². The van der Waals surface area contributed by atoms with E-state index in [1.165, 1.54) is 14.2 Å². The van der Waals surface area contributed by atoms with Crippen LogP contribution in [0, 0.1) is 0 Å². The van der Waals surface area contributed by atoms with Gasteiger partial charge in [0.05, 0.1) is 38.2 Å². The van der Waals surface area contributed by atoms with Gasteiger partial charge in [-0.1, -0.05) is 0 Å². The predicted octanol–water partition coefficient (Wildman–Crippen LogP) is 2.53. The maximum absolute atomic E-state index is 12.4. The van der Waals surface area contributed by atoms with Crippen molar-refractivity contribution in [3.63, 3.8) is 0 Å². The topological polar surface area (TPSA) is 92.7 Å². The highest BCUT2D eigenvalue weighted by molar-refractivity contribution is 6.04. The molecule has 0 spiro atoms. The average Bonchev–Trinajstić information content (AvgIpc) is 2.62. The molecule has 0 aliphatic heterocycles. The van der Waals surface area contributed by atoms with Crippen LogP contribution >= 0.6 is 0 Å². The summed E-state index contributed by atoms with van der Waals surface area (Å²) < 4.78 is 10.4. The number of hydrogen-bond acceptors (Lipinski definition) is 6. The van der Waals surface area contributed by atoms with Crippen LogP contribution in [-0.4, -0.2) is 42.4 Å². The molecule has 0 bridgehead atoms. The second-order valence-corrected chi connectivity index (χ2v) is 6.12. The van der Waals surface area contributed by atoms with E-state index in [1.54, 1.807) is 36.5 Å². The molecule has 1 amide bonds. The number of amides is 1. The largest absolute Gasteiger partial charge is 0.493 e. The van der Waals surface area contributed by atoms with E-state index in [9.17, 15) is 9.90 Å². The molecule has 0 unspecified atom stereocenters. The molecule has 3 N–H and O–H groups in total. The molecule has 0 atom stereocenters. The molecular weight excluding hydrogens is 322 g/mol. The Kier molecular flexibility index (Phi) is 5.82. The number of benzene rings is 1. The van der Waals surface area contributed by atoms with E-state index in [2.05, 4.69) is 15.6 Å². The maximum Gasteiger partial charge on any atom is 0.255 e. The number of nitrogens with zero attached hydrogens (tertiary/aromatic N) is 1. The minimum atomic E-state index is -0.475. The molecule has 2 aromatic rings. The number of methoxy groups -OCH3 is 2. The van der Waals surface area contributed by atoms with Crippen LogP contribution in [0.1, 0.15) is 24.2 Å². The first kappa shape index (κ1) is 18.5. The van der Waals surface area contributed by atoms with Crippen molar-refractivity contribution in [2.75, 3.05) is 31.5 Å². The fourth-order valence-corrected chi connectivity index (χ4v) is 2.11. The number of rotatable bonds is 7. The lowest BCUT2D eigenvalue weighted by Crippen LogP contribution is -2.35. The van der Waals surface area contributed by atoms with Gasteiger partial charge in [0.25, 0.3) is 5.91 Å². The first-order valence-corrected chi connectivity index (χ1v) is 7.77. The van der Waals surface area contributed by atoms with Crippen molar-refractivity contribution in [2.24, 2.45) is 0 Å². The summed E-state index contributed by atoms with van der Waals surface area (Å²) in [6, 6.07) is 8.42.